The Bertz CT molecular complexity index is 438. The average molecular weight is 243 g/mol. The van der Waals surface area contributed by atoms with Crippen molar-refractivity contribution in [3.63, 3.8) is 0 Å². The molecule has 1 saturated heterocycles. The van der Waals surface area contributed by atoms with Crippen molar-refractivity contribution in [2.45, 2.75) is 6.42 Å². The van der Waals surface area contributed by atoms with Crippen LogP contribution in [0, 0.1) is 0 Å². The molecule has 0 amide bonds. The van der Waals surface area contributed by atoms with E-state index in [2.05, 4.69) is 0 Å². The molecule has 0 bridgehead atoms. The molecule has 0 saturated carbocycles. The van der Waals surface area contributed by atoms with Gasteiger partial charge in [0.2, 0.25) is 0 Å². The van der Waals surface area contributed by atoms with Gasteiger partial charge in [-0.25, -0.2) is 4.79 Å². The molecule has 1 aromatic rings. The predicted molar refractivity (Wildman–Crippen MR) is 60.0 cm³/mol. The summed E-state index contributed by atoms with van der Waals surface area (Å²) in [6.45, 7) is 0.454. The smallest absolute Gasteiger partial charge is 0.334 e. The highest BCUT2D eigenvalue weighted by molar-refractivity contribution is 6.35. The van der Waals surface area contributed by atoms with E-state index in [-0.39, 0.29) is 5.97 Å². The Morgan fingerprint density at radius 3 is 2.73 bits per heavy atom. The van der Waals surface area contributed by atoms with Gasteiger partial charge in [-0.3, -0.25) is 0 Å². The molecule has 1 aliphatic rings. The van der Waals surface area contributed by atoms with Gasteiger partial charge < -0.3 is 4.74 Å². The van der Waals surface area contributed by atoms with Crippen molar-refractivity contribution >= 4 is 35.2 Å². The summed E-state index contributed by atoms with van der Waals surface area (Å²) in [4.78, 5) is 11.2. The number of esters is 1. The largest absolute Gasteiger partial charge is 0.462 e. The first kappa shape index (κ1) is 10.5. The van der Waals surface area contributed by atoms with E-state index in [1.807, 2.05) is 0 Å². The molecular weight excluding hydrogens is 235 g/mol. The molecule has 1 aliphatic heterocycles. The summed E-state index contributed by atoms with van der Waals surface area (Å²) in [7, 11) is 0. The van der Waals surface area contributed by atoms with Gasteiger partial charge in [0.1, 0.15) is 0 Å². The Hall–Kier alpha value is -0.990. The number of cyclic esters (lactones) is 1. The summed E-state index contributed by atoms with van der Waals surface area (Å²) in [6, 6.07) is 5.17. The van der Waals surface area contributed by atoms with Crippen LogP contribution in [0.5, 0.6) is 0 Å². The molecule has 1 fully saturated rings. The highest BCUT2D eigenvalue weighted by Crippen LogP contribution is 2.25. The highest BCUT2D eigenvalue weighted by Gasteiger charge is 2.18. The zero-order valence-corrected chi connectivity index (χ0v) is 9.31. The van der Waals surface area contributed by atoms with Crippen LogP contribution in [0.15, 0.2) is 23.8 Å². The second-order valence-electron chi connectivity index (χ2n) is 3.22. The molecule has 2 nitrogen and oxygen atoms in total. The molecule has 0 atom stereocenters. The molecule has 0 aromatic heterocycles. The maximum atomic E-state index is 11.2. The Labute approximate surface area is 97.4 Å². The molecule has 4 heteroatoms. The molecule has 1 heterocycles. The number of carbonyl (C=O) groups is 1. The topological polar surface area (TPSA) is 26.3 Å². The highest BCUT2D eigenvalue weighted by atomic mass is 35.5. The van der Waals surface area contributed by atoms with E-state index in [1.165, 1.54) is 0 Å². The van der Waals surface area contributed by atoms with Gasteiger partial charge in [-0.2, -0.15) is 0 Å². The van der Waals surface area contributed by atoms with Gasteiger partial charge in [-0.15, -0.1) is 0 Å². The first-order valence-corrected chi connectivity index (χ1v) is 5.25. The average Bonchev–Trinajstić information content (AvgIpc) is 2.57. The van der Waals surface area contributed by atoms with Crippen LogP contribution in [0.2, 0.25) is 10.0 Å². The van der Waals surface area contributed by atoms with Crippen molar-refractivity contribution in [3.8, 4) is 0 Å². The number of rotatable bonds is 1. The van der Waals surface area contributed by atoms with Crippen LogP contribution in [0.3, 0.4) is 0 Å². The van der Waals surface area contributed by atoms with Crippen LogP contribution in [-0.4, -0.2) is 12.6 Å². The van der Waals surface area contributed by atoms with Crippen molar-refractivity contribution in [2.24, 2.45) is 0 Å². The number of halogens is 2. The van der Waals surface area contributed by atoms with Gasteiger partial charge in [-0.05, 0) is 23.8 Å². The Kier molecular flexibility index (Phi) is 2.98. The fourth-order valence-electron chi connectivity index (χ4n) is 1.39. The van der Waals surface area contributed by atoms with Crippen LogP contribution >= 0.6 is 23.2 Å². The number of hydrogen-bond donors (Lipinski definition) is 0. The SMILES string of the molecule is O=C1OCC/C1=C\c1ccc(Cl)cc1Cl. The van der Waals surface area contributed by atoms with Gasteiger partial charge >= 0.3 is 5.97 Å². The summed E-state index contributed by atoms with van der Waals surface area (Å²) in [5.41, 5.74) is 1.44. The van der Waals surface area contributed by atoms with Crippen molar-refractivity contribution in [1.82, 2.24) is 0 Å². The molecule has 0 N–H and O–H groups in total. The third-order valence-corrected chi connectivity index (χ3v) is 2.72. The summed E-state index contributed by atoms with van der Waals surface area (Å²) in [5, 5.41) is 1.12. The van der Waals surface area contributed by atoms with Gasteiger partial charge in [-0.1, -0.05) is 29.3 Å². The van der Waals surface area contributed by atoms with Gasteiger partial charge in [0, 0.05) is 22.0 Å². The maximum Gasteiger partial charge on any atom is 0.334 e. The first-order chi connectivity index (χ1) is 7.16. The maximum absolute atomic E-state index is 11.2. The zero-order chi connectivity index (χ0) is 10.8. The second kappa shape index (κ2) is 4.25. The zero-order valence-electron chi connectivity index (χ0n) is 7.80. The quantitative estimate of drug-likeness (QED) is 0.558. The van der Waals surface area contributed by atoms with Crippen LogP contribution in [0.4, 0.5) is 0 Å². The molecule has 78 valence electrons. The normalized spacial score (nSPS) is 18.3. The van der Waals surface area contributed by atoms with Crippen LogP contribution < -0.4 is 0 Å². The summed E-state index contributed by atoms with van der Waals surface area (Å²) < 4.78 is 4.82. The molecule has 1 aromatic carbocycles. The second-order valence-corrected chi connectivity index (χ2v) is 4.06. The monoisotopic (exact) mass is 242 g/mol. The van der Waals surface area contributed by atoms with Crippen LogP contribution in [-0.2, 0) is 9.53 Å². The summed E-state index contributed by atoms with van der Waals surface area (Å²) in [5.74, 6) is -0.263. The molecule has 2 rings (SSSR count). The third kappa shape index (κ3) is 2.33. The summed E-state index contributed by atoms with van der Waals surface area (Å²) in [6.07, 6.45) is 2.38. The van der Waals surface area contributed by atoms with Crippen molar-refractivity contribution in [3.05, 3.63) is 39.4 Å². The Balaban J connectivity index is 2.34. The van der Waals surface area contributed by atoms with Crippen LogP contribution in [0.25, 0.3) is 6.08 Å². The molecule has 0 radical (unpaired) electrons. The number of hydrogen-bond acceptors (Lipinski definition) is 2. The van der Waals surface area contributed by atoms with Gasteiger partial charge in [0.25, 0.3) is 0 Å². The standard InChI is InChI=1S/C11H8Cl2O2/c12-9-2-1-7(10(13)6-9)5-8-3-4-15-11(8)14/h1-2,5-6H,3-4H2/b8-5+. The molecule has 15 heavy (non-hydrogen) atoms. The lowest BCUT2D eigenvalue weighted by Gasteiger charge is -1.99. The number of benzene rings is 1. The Morgan fingerprint density at radius 1 is 1.33 bits per heavy atom. The van der Waals surface area contributed by atoms with E-state index in [9.17, 15) is 4.79 Å². The fraction of sp³-hybridized carbons (Fsp3) is 0.182. The van der Waals surface area contributed by atoms with E-state index < -0.39 is 0 Å². The summed E-state index contributed by atoms with van der Waals surface area (Å²) >= 11 is 11.7. The van der Waals surface area contributed by atoms with Crippen molar-refractivity contribution in [2.75, 3.05) is 6.61 Å². The lowest BCUT2D eigenvalue weighted by Crippen LogP contribution is -1.94. The molecule has 0 aliphatic carbocycles. The predicted octanol–water partition coefficient (Wildman–Crippen LogP) is 3.32. The molecule has 0 unspecified atom stereocenters. The van der Waals surface area contributed by atoms with Crippen LogP contribution in [0.1, 0.15) is 12.0 Å². The molecular formula is C11H8Cl2O2. The molecule has 0 spiro atoms. The van der Waals surface area contributed by atoms with Crippen molar-refractivity contribution < 1.29 is 9.53 Å². The number of ether oxygens (including phenoxy) is 1. The van der Waals surface area contributed by atoms with E-state index in [0.717, 1.165) is 5.56 Å². The lowest BCUT2D eigenvalue weighted by atomic mass is 10.1. The fourth-order valence-corrected chi connectivity index (χ4v) is 1.85. The van der Waals surface area contributed by atoms with E-state index in [0.29, 0.717) is 28.6 Å². The number of carbonyl (C=O) groups excluding carboxylic acids is 1. The first-order valence-electron chi connectivity index (χ1n) is 4.49. The van der Waals surface area contributed by atoms with Gasteiger partial charge in [0.15, 0.2) is 0 Å². The minimum absolute atomic E-state index is 0.263. The third-order valence-electron chi connectivity index (χ3n) is 2.16. The van der Waals surface area contributed by atoms with E-state index in [4.69, 9.17) is 27.9 Å². The Morgan fingerprint density at radius 2 is 2.13 bits per heavy atom. The van der Waals surface area contributed by atoms with Crippen molar-refractivity contribution in [1.29, 1.82) is 0 Å². The minimum atomic E-state index is -0.263. The lowest BCUT2D eigenvalue weighted by molar-refractivity contribution is -0.134. The van der Waals surface area contributed by atoms with E-state index >= 15 is 0 Å². The van der Waals surface area contributed by atoms with E-state index in [1.54, 1.807) is 24.3 Å². The van der Waals surface area contributed by atoms with Gasteiger partial charge in [0.05, 0.1) is 6.61 Å². The minimum Gasteiger partial charge on any atom is -0.462 e.